The molecular formula is C20H23N5O2. The molecule has 0 radical (unpaired) electrons. The number of carbonyl (C=O) groups is 2. The lowest BCUT2D eigenvalue weighted by atomic mass is 9.78. The fourth-order valence-electron chi connectivity index (χ4n) is 4.03. The van der Waals surface area contributed by atoms with E-state index in [-0.39, 0.29) is 11.8 Å². The summed E-state index contributed by atoms with van der Waals surface area (Å²) in [6, 6.07) is 9.63. The van der Waals surface area contributed by atoms with Crippen LogP contribution in [0.4, 0.5) is 11.6 Å². The average Bonchev–Trinajstić information content (AvgIpc) is 3.12. The van der Waals surface area contributed by atoms with E-state index >= 15 is 0 Å². The maximum absolute atomic E-state index is 12.8. The number of likely N-dealkylation sites (tertiary alicyclic amines) is 2. The lowest BCUT2D eigenvalue weighted by Crippen LogP contribution is -2.48. The molecule has 1 aromatic carbocycles. The third-order valence-corrected chi connectivity index (χ3v) is 5.52. The van der Waals surface area contributed by atoms with Crippen molar-refractivity contribution >= 4 is 23.5 Å². The molecule has 27 heavy (non-hydrogen) atoms. The van der Waals surface area contributed by atoms with Crippen LogP contribution >= 0.6 is 0 Å². The fourth-order valence-corrected chi connectivity index (χ4v) is 4.03. The molecule has 2 saturated heterocycles. The summed E-state index contributed by atoms with van der Waals surface area (Å²) in [6.07, 6.45) is 5.67. The van der Waals surface area contributed by atoms with Gasteiger partial charge in [-0.15, -0.1) is 0 Å². The highest BCUT2D eigenvalue weighted by Crippen LogP contribution is 2.40. The molecular weight excluding hydrogens is 342 g/mol. The molecule has 2 aromatic rings. The minimum atomic E-state index is -0.404. The van der Waals surface area contributed by atoms with E-state index in [1.165, 1.54) is 0 Å². The number of carbonyl (C=O) groups excluding carboxylic acids is 2. The topological polar surface area (TPSA) is 78.4 Å². The van der Waals surface area contributed by atoms with Crippen molar-refractivity contribution in [2.75, 3.05) is 32.0 Å². The second-order valence-corrected chi connectivity index (χ2v) is 7.37. The average molecular weight is 365 g/mol. The molecule has 1 aromatic heterocycles. The summed E-state index contributed by atoms with van der Waals surface area (Å²) < 4.78 is 0. The Kier molecular flexibility index (Phi) is 4.51. The number of hydrogen-bond donors (Lipinski definition) is 1. The van der Waals surface area contributed by atoms with Gasteiger partial charge in [-0.1, -0.05) is 18.2 Å². The summed E-state index contributed by atoms with van der Waals surface area (Å²) in [5.41, 5.74) is 0.929. The van der Waals surface area contributed by atoms with Crippen molar-refractivity contribution in [1.82, 2.24) is 19.8 Å². The first-order valence-corrected chi connectivity index (χ1v) is 9.26. The number of anilines is 2. The molecule has 1 N–H and O–H groups in total. The van der Waals surface area contributed by atoms with Gasteiger partial charge in [-0.25, -0.2) is 9.97 Å². The van der Waals surface area contributed by atoms with Gasteiger partial charge in [0, 0.05) is 44.8 Å². The summed E-state index contributed by atoms with van der Waals surface area (Å²) in [5, 5.41) is 3.10. The van der Waals surface area contributed by atoms with Crippen LogP contribution in [0.25, 0.3) is 0 Å². The van der Waals surface area contributed by atoms with Crippen molar-refractivity contribution in [3.8, 4) is 0 Å². The van der Waals surface area contributed by atoms with Gasteiger partial charge in [-0.3, -0.25) is 9.59 Å². The number of rotatable bonds is 3. The summed E-state index contributed by atoms with van der Waals surface area (Å²) in [6.45, 7) is 1.89. The van der Waals surface area contributed by atoms with E-state index in [4.69, 9.17) is 0 Å². The van der Waals surface area contributed by atoms with Crippen LogP contribution in [0.2, 0.25) is 0 Å². The van der Waals surface area contributed by atoms with Gasteiger partial charge in [-0.05, 0) is 31.4 Å². The van der Waals surface area contributed by atoms with Gasteiger partial charge >= 0.3 is 0 Å². The van der Waals surface area contributed by atoms with Crippen LogP contribution in [0.1, 0.15) is 29.6 Å². The normalized spacial score (nSPS) is 22.3. The Morgan fingerprint density at radius 1 is 1.11 bits per heavy atom. The zero-order chi connectivity index (χ0) is 18.9. The van der Waals surface area contributed by atoms with Crippen LogP contribution in [-0.4, -0.2) is 58.3 Å². The highest BCUT2D eigenvalue weighted by Gasteiger charge is 2.48. The second kappa shape index (κ2) is 6.98. The molecule has 1 atom stereocenters. The Bertz CT molecular complexity index is 839. The fraction of sp³-hybridized carbons (Fsp3) is 0.400. The van der Waals surface area contributed by atoms with Crippen LogP contribution in [0.15, 0.2) is 42.7 Å². The third kappa shape index (κ3) is 3.37. The number of para-hydroxylation sites is 1. The van der Waals surface area contributed by atoms with Crippen molar-refractivity contribution < 1.29 is 9.59 Å². The molecule has 140 valence electrons. The smallest absolute Gasteiger partial charge is 0.257 e. The lowest BCUT2D eigenvalue weighted by molar-refractivity contribution is -0.143. The molecule has 2 amide bonds. The van der Waals surface area contributed by atoms with E-state index in [9.17, 15) is 9.59 Å². The third-order valence-electron chi connectivity index (χ3n) is 5.52. The first-order chi connectivity index (χ1) is 13.1. The molecule has 3 heterocycles. The maximum Gasteiger partial charge on any atom is 0.257 e. The molecule has 2 aliphatic rings. The number of hydrogen-bond acceptors (Lipinski definition) is 5. The lowest BCUT2D eigenvalue weighted by Gasteiger charge is -2.37. The van der Waals surface area contributed by atoms with Crippen molar-refractivity contribution in [2.24, 2.45) is 5.41 Å². The predicted octanol–water partition coefficient (Wildman–Crippen LogP) is 2.30. The van der Waals surface area contributed by atoms with E-state index in [1.807, 2.05) is 37.4 Å². The van der Waals surface area contributed by atoms with Crippen LogP contribution in [-0.2, 0) is 4.79 Å². The highest BCUT2D eigenvalue weighted by atomic mass is 16.2. The maximum atomic E-state index is 12.8. The van der Waals surface area contributed by atoms with Crippen molar-refractivity contribution in [1.29, 1.82) is 0 Å². The van der Waals surface area contributed by atoms with Crippen LogP contribution in [0, 0.1) is 5.41 Å². The minimum absolute atomic E-state index is 0.112. The second-order valence-electron chi connectivity index (χ2n) is 7.37. The van der Waals surface area contributed by atoms with E-state index in [0.29, 0.717) is 24.6 Å². The van der Waals surface area contributed by atoms with Gasteiger partial charge in [0.25, 0.3) is 5.91 Å². The van der Waals surface area contributed by atoms with E-state index in [1.54, 1.807) is 22.2 Å². The molecule has 2 aliphatic heterocycles. The SMILES string of the molecule is CN1CCCC2(CCN(C(=O)c3cnc(Nc4ccccc4)nc3)C2)C1=O. The Balaban J connectivity index is 1.43. The number of nitrogens with one attached hydrogen (secondary N) is 1. The summed E-state index contributed by atoms with van der Waals surface area (Å²) in [5.74, 6) is 0.501. The molecule has 1 unspecified atom stereocenters. The Labute approximate surface area is 158 Å². The zero-order valence-electron chi connectivity index (χ0n) is 15.4. The summed E-state index contributed by atoms with van der Waals surface area (Å²) >= 11 is 0. The number of benzene rings is 1. The molecule has 2 fully saturated rings. The van der Waals surface area contributed by atoms with E-state index < -0.39 is 5.41 Å². The van der Waals surface area contributed by atoms with Crippen molar-refractivity contribution in [3.05, 3.63) is 48.3 Å². The largest absolute Gasteiger partial charge is 0.345 e. The number of piperidine rings is 1. The van der Waals surface area contributed by atoms with Crippen LogP contribution in [0.5, 0.6) is 0 Å². The molecule has 4 rings (SSSR count). The van der Waals surface area contributed by atoms with Gasteiger partial charge in [0.15, 0.2) is 0 Å². The van der Waals surface area contributed by atoms with Crippen LogP contribution < -0.4 is 5.32 Å². The number of nitrogens with zero attached hydrogens (tertiary/aromatic N) is 4. The standard InChI is InChI=1S/C20H23N5O2/c1-24-10-5-8-20(18(24)27)9-11-25(14-20)17(26)15-12-21-19(22-13-15)23-16-6-3-2-4-7-16/h2-4,6-7,12-13H,5,8-11,14H2,1H3,(H,21,22,23). The van der Waals surface area contributed by atoms with Gasteiger partial charge < -0.3 is 15.1 Å². The first-order valence-electron chi connectivity index (χ1n) is 9.26. The quantitative estimate of drug-likeness (QED) is 0.903. The molecule has 7 heteroatoms. The predicted molar refractivity (Wildman–Crippen MR) is 102 cm³/mol. The summed E-state index contributed by atoms with van der Waals surface area (Å²) in [7, 11) is 1.85. The van der Waals surface area contributed by atoms with Gasteiger partial charge in [0.1, 0.15) is 0 Å². The molecule has 7 nitrogen and oxygen atoms in total. The monoisotopic (exact) mass is 365 g/mol. The van der Waals surface area contributed by atoms with Crippen molar-refractivity contribution in [2.45, 2.75) is 19.3 Å². The Morgan fingerprint density at radius 2 is 1.85 bits per heavy atom. The number of amides is 2. The molecule has 0 aliphatic carbocycles. The molecule has 0 bridgehead atoms. The first kappa shape index (κ1) is 17.5. The van der Waals surface area contributed by atoms with Gasteiger partial charge in [0.05, 0.1) is 11.0 Å². The molecule has 0 saturated carbocycles. The highest BCUT2D eigenvalue weighted by molar-refractivity contribution is 5.95. The van der Waals surface area contributed by atoms with Gasteiger partial charge in [0.2, 0.25) is 11.9 Å². The van der Waals surface area contributed by atoms with E-state index in [2.05, 4.69) is 15.3 Å². The number of aromatic nitrogens is 2. The van der Waals surface area contributed by atoms with Crippen LogP contribution in [0.3, 0.4) is 0 Å². The van der Waals surface area contributed by atoms with E-state index in [0.717, 1.165) is 31.5 Å². The van der Waals surface area contributed by atoms with Crippen molar-refractivity contribution in [3.63, 3.8) is 0 Å². The Hall–Kier alpha value is -2.96. The zero-order valence-corrected chi connectivity index (χ0v) is 15.4. The summed E-state index contributed by atoms with van der Waals surface area (Å²) in [4.78, 5) is 37.5. The van der Waals surface area contributed by atoms with Gasteiger partial charge in [-0.2, -0.15) is 0 Å². The Morgan fingerprint density at radius 3 is 2.59 bits per heavy atom. The molecule has 1 spiro atoms. The minimum Gasteiger partial charge on any atom is -0.345 e.